The van der Waals surface area contributed by atoms with Gasteiger partial charge >= 0.3 is 0 Å². The molecule has 0 radical (unpaired) electrons. The summed E-state index contributed by atoms with van der Waals surface area (Å²) in [5.74, 6) is -2.97. The molecule has 4 heteroatoms. The molecule has 0 fully saturated rings. The van der Waals surface area contributed by atoms with E-state index in [1.54, 1.807) is 27.7 Å². The van der Waals surface area contributed by atoms with Gasteiger partial charge in [0.15, 0.2) is 0 Å². The number of carboxylic acid groups (broad SMARTS) is 2. The van der Waals surface area contributed by atoms with Crippen LogP contribution < -0.4 is 10.2 Å². The standard InChI is InChI=1S/C12H14O4/c1-5-6(2)8(4)10(12(15)16)9(7(5)3)11(13)14/h1-4H3,(H,13,14)(H,15,16)/p-2. The lowest BCUT2D eigenvalue weighted by Gasteiger charge is -2.21. The topological polar surface area (TPSA) is 80.3 Å². The molecule has 0 aliphatic rings. The SMILES string of the molecule is Cc1c(C)c(C)c(C(=O)[O-])c(C(=O)[O-])c1C. The Bertz CT molecular complexity index is 442. The maximum Gasteiger partial charge on any atom is 0.0724 e. The number of carboxylic acids is 2. The summed E-state index contributed by atoms with van der Waals surface area (Å²) in [5.41, 5.74) is 1.81. The van der Waals surface area contributed by atoms with Gasteiger partial charge in [-0.15, -0.1) is 0 Å². The monoisotopic (exact) mass is 220 g/mol. The number of carbonyl (C=O) groups is 2. The van der Waals surface area contributed by atoms with E-state index in [4.69, 9.17) is 0 Å². The van der Waals surface area contributed by atoms with Gasteiger partial charge in [-0.2, -0.15) is 0 Å². The van der Waals surface area contributed by atoms with Crippen molar-refractivity contribution in [1.29, 1.82) is 0 Å². The summed E-state index contributed by atoms with van der Waals surface area (Å²) in [4.78, 5) is 21.9. The first-order chi connectivity index (χ1) is 7.29. The molecule has 0 saturated carbocycles. The zero-order chi connectivity index (χ0) is 12.6. The van der Waals surface area contributed by atoms with Crippen LogP contribution >= 0.6 is 0 Å². The number of aromatic carboxylic acids is 2. The molecule has 1 aromatic carbocycles. The summed E-state index contributed by atoms with van der Waals surface area (Å²) >= 11 is 0. The molecular formula is C12H12O4-2. The largest absolute Gasteiger partial charge is 0.545 e. The van der Waals surface area contributed by atoms with Crippen molar-refractivity contribution in [3.05, 3.63) is 33.4 Å². The van der Waals surface area contributed by atoms with E-state index in [0.717, 1.165) is 11.1 Å². The van der Waals surface area contributed by atoms with Gasteiger partial charge < -0.3 is 19.8 Å². The van der Waals surface area contributed by atoms with Crippen LogP contribution in [0.1, 0.15) is 43.0 Å². The lowest BCUT2D eigenvalue weighted by molar-refractivity contribution is -0.259. The molecule has 0 bridgehead atoms. The third kappa shape index (κ3) is 1.66. The van der Waals surface area contributed by atoms with E-state index >= 15 is 0 Å². The number of carbonyl (C=O) groups excluding carboxylic acids is 2. The summed E-state index contributed by atoms with van der Waals surface area (Å²) in [6.07, 6.45) is 0. The Kier molecular flexibility index (Phi) is 3.03. The van der Waals surface area contributed by atoms with Crippen LogP contribution in [0.2, 0.25) is 0 Å². The highest BCUT2D eigenvalue weighted by molar-refractivity contribution is 6.03. The quantitative estimate of drug-likeness (QED) is 0.682. The number of rotatable bonds is 2. The van der Waals surface area contributed by atoms with Crippen LogP contribution in [-0.4, -0.2) is 11.9 Å². The van der Waals surface area contributed by atoms with Crippen molar-refractivity contribution < 1.29 is 19.8 Å². The average molecular weight is 220 g/mol. The lowest BCUT2D eigenvalue weighted by atomic mass is 9.89. The van der Waals surface area contributed by atoms with E-state index in [2.05, 4.69) is 0 Å². The normalized spacial score (nSPS) is 10.2. The van der Waals surface area contributed by atoms with Crippen molar-refractivity contribution in [2.24, 2.45) is 0 Å². The zero-order valence-corrected chi connectivity index (χ0v) is 9.63. The first-order valence-corrected chi connectivity index (χ1v) is 4.82. The lowest BCUT2D eigenvalue weighted by Crippen LogP contribution is -2.32. The fourth-order valence-corrected chi connectivity index (χ4v) is 1.82. The first-order valence-electron chi connectivity index (χ1n) is 4.82. The molecule has 86 valence electrons. The van der Waals surface area contributed by atoms with E-state index < -0.39 is 11.9 Å². The first kappa shape index (κ1) is 12.2. The third-order valence-electron chi connectivity index (χ3n) is 3.10. The van der Waals surface area contributed by atoms with Gasteiger partial charge in [-0.05, 0) is 49.9 Å². The molecule has 0 spiro atoms. The number of benzene rings is 1. The number of hydrogen-bond donors (Lipinski definition) is 0. The Balaban J connectivity index is 3.83. The van der Waals surface area contributed by atoms with Crippen LogP contribution in [-0.2, 0) is 0 Å². The Morgan fingerprint density at radius 1 is 0.688 bits per heavy atom. The third-order valence-corrected chi connectivity index (χ3v) is 3.10. The van der Waals surface area contributed by atoms with E-state index in [1.807, 2.05) is 0 Å². The molecule has 0 saturated heterocycles. The minimum atomic E-state index is -1.48. The molecule has 0 amide bonds. The second-order valence-electron chi connectivity index (χ2n) is 3.82. The van der Waals surface area contributed by atoms with Crippen molar-refractivity contribution in [2.45, 2.75) is 27.7 Å². The van der Waals surface area contributed by atoms with Gasteiger partial charge in [-0.1, -0.05) is 0 Å². The molecule has 0 aromatic heterocycles. The van der Waals surface area contributed by atoms with Crippen LogP contribution in [0, 0.1) is 27.7 Å². The highest BCUT2D eigenvalue weighted by atomic mass is 16.4. The highest BCUT2D eigenvalue weighted by Gasteiger charge is 2.16. The van der Waals surface area contributed by atoms with Gasteiger partial charge in [0.1, 0.15) is 0 Å². The Hall–Kier alpha value is -1.84. The Labute approximate surface area is 93.5 Å². The molecule has 0 atom stereocenters. The molecule has 0 aliphatic carbocycles. The number of hydrogen-bond acceptors (Lipinski definition) is 4. The minimum Gasteiger partial charge on any atom is -0.545 e. The molecular weight excluding hydrogens is 208 g/mol. The van der Waals surface area contributed by atoms with Gasteiger partial charge in [-0.3, -0.25) is 0 Å². The maximum absolute atomic E-state index is 11.0. The summed E-state index contributed by atoms with van der Waals surface area (Å²) in [6.45, 7) is 6.64. The van der Waals surface area contributed by atoms with Gasteiger partial charge in [0.2, 0.25) is 0 Å². The van der Waals surface area contributed by atoms with Crippen LogP contribution in [0.4, 0.5) is 0 Å². The maximum atomic E-state index is 11.0. The Morgan fingerprint density at radius 3 is 1.12 bits per heavy atom. The van der Waals surface area contributed by atoms with Gasteiger partial charge in [0.25, 0.3) is 0 Å². The van der Waals surface area contributed by atoms with E-state index in [-0.39, 0.29) is 11.1 Å². The van der Waals surface area contributed by atoms with Crippen molar-refractivity contribution >= 4 is 11.9 Å². The van der Waals surface area contributed by atoms with Gasteiger partial charge in [-0.25, -0.2) is 0 Å². The van der Waals surface area contributed by atoms with Crippen molar-refractivity contribution in [1.82, 2.24) is 0 Å². The van der Waals surface area contributed by atoms with E-state index in [1.165, 1.54) is 0 Å². The van der Waals surface area contributed by atoms with Gasteiger partial charge in [0, 0.05) is 11.1 Å². The summed E-state index contributed by atoms with van der Waals surface area (Å²) in [7, 11) is 0. The average Bonchev–Trinajstić information content (AvgIpc) is 2.18. The van der Waals surface area contributed by atoms with Crippen LogP contribution in [0.15, 0.2) is 0 Å². The summed E-state index contributed by atoms with van der Waals surface area (Å²) < 4.78 is 0. The predicted molar refractivity (Wildman–Crippen MR) is 54.1 cm³/mol. The molecule has 1 aromatic rings. The predicted octanol–water partition coefficient (Wildman–Crippen LogP) is -0.353. The van der Waals surface area contributed by atoms with Crippen LogP contribution in [0.3, 0.4) is 0 Å². The molecule has 16 heavy (non-hydrogen) atoms. The van der Waals surface area contributed by atoms with Gasteiger partial charge in [0.05, 0.1) is 11.9 Å². The van der Waals surface area contributed by atoms with Crippen molar-refractivity contribution in [3.8, 4) is 0 Å². The van der Waals surface area contributed by atoms with Crippen molar-refractivity contribution in [2.75, 3.05) is 0 Å². The molecule has 0 heterocycles. The van der Waals surface area contributed by atoms with Crippen molar-refractivity contribution in [3.63, 3.8) is 0 Å². The molecule has 0 N–H and O–H groups in total. The molecule has 0 unspecified atom stereocenters. The fourth-order valence-electron chi connectivity index (χ4n) is 1.82. The van der Waals surface area contributed by atoms with Crippen LogP contribution in [0.25, 0.3) is 0 Å². The molecule has 4 nitrogen and oxygen atoms in total. The fraction of sp³-hybridized carbons (Fsp3) is 0.333. The smallest absolute Gasteiger partial charge is 0.0724 e. The highest BCUT2D eigenvalue weighted by Crippen LogP contribution is 2.25. The Morgan fingerprint density at radius 2 is 0.938 bits per heavy atom. The second kappa shape index (κ2) is 3.96. The summed E-state index contributed by atoms with van der Waals surface area (Å²) in [5, 5.41) is 21.9. The second-order valence-corrected chi connectivity index (χ2v) is 3.82. The van der Waals surface area contributed by atoms with E-state index in [9.17, 15) is 19.8 Å². The molecule has 0 aliphatic heterocycles. The zero-order valence-electron chi connectivity index (χ0n) is 9.63. The molecule has 1 rings (SSSR count). The summed E-state index contributed by atoms with van der Waals surface area (Å²) in [6, 6.07) is 0. The minimum absolute atomic E-state index is 0.277. The van der Waals surface area contributed by atoms with Crippen LogP contribution in [0.5, 0.6) is 0 Å². The van der Waals surface area contributed by atoms with E-state index in [0.29, 0.717) is 11.1 Å².